The first-order valence-corrected chi connectivity index (χ1v) is 9.75. The second-order valence-corrected chi connectivity index (χ2v) is 7.03. The van der Waals surface area contributed by atoms with E-state index in [0.717, 1.165) is 16.5 Å². The Bertz CT molecular complexity index is 1250. The highest BCUT2D eigenvalue weighted by molar-refractivity contribution is 6.13. The van der Waals surface area contributed by atoms with Gasteiger partial charge in [0.2, 0.25) is 17.5 Å². The summed E-state index contributed by atoms with van der Waals surface area (Å²) in [7, 11) is 6.06. The van der Waals surface area contributed by atoms with Gasteiger partial charge in [-0.3, -0.25) is 0 Å². The number of carbonyl (C=O) groups is 1. The van der Waals surface area contributed by atoms with Crippen molar-refractivity contribution in [1.29, 1.82) is 0 Å². The molecule has 0 spiro atoms. The van der Waals surface area contributed by atoms with Crippen molar-refractivity contribution >= 4 is 28.8 Å². The molecule has 32 heavy (non-hydrogen) atoms. The monoisotopic (exact) mass is 434 g/mol. The summed E-state index contributed by atoms with van der Waals surface area (Å²) in [5.74, 6) is 1.21. The summed E-state index contributed by atoms with van der Waals surface area (Å²) in [6, 6.07) is 11.2. The Morgan fingerprint density at radius 1 is 0.906 bits per heavy atom. The normalized spacial score (nSPS) is 14.3. The number of benzene rings is 2. The summed E-state index contributed by atoms with van der Waals surface area (Å²) in [4.78, 5) is 21.5. The largest absolute Gasteiger partial charge is 0.493 e. The average molecular weight is 434 g/mol. The fourth-order valence-corrected chi connectivity index (χ4v) is 3.45. The molecule has 0 radical (unpaired) electrons. The quantitative estimate of drug-likeness (QED) is 0.429. The number of aliphatic imine (C=N–C) groups is 1. The Morgan fingerprint density at radius 3 is 2.25 bits per heavy atom. The van der Waals surface area contributed by atoms with Gasteiger partial charge in [0.05, 0.1) is 34.0 Å². The predicted molar refractivity (Wildman–Crippen MR) is 120 cm³/mol. The van der Waals surface area contributed by atoms with Crippen molar-refractivity contribution in [2.75, 3.05) is 28.4 Å². The molecule has 0 unspecified atom stereocenters. The first kappa shape index (κ1) is 21.2. The number of rotatable bonds is 6. The van der Waals surface area contributed by atoms with E-state index in [4.69, 9.17) is 23.7 Å². The van der Waals surface area contributed by atoms with Crippen LogP contribution >= 0.6 is 0 Å². The van der Waals surface area contributed by atoms with Crippen molar-refractivity contribution in [2.45, 2.75) is 6.92 Å². The number of aryl methyl sites for hydroxylation is 1. The molecule has 1 aromatic heterocycles. The van der Waals surface area contributed by atoms with Gasteiger partial charge in [-0.2, -0.15) is 0 Å². The minimum Gasteiger partial charge on any atom is -0.493 e. The molecule has 0 N–H and O–H groups in total. The van der Waals surface area contributed by atoms with Crippen LogP contribution in [-0.2, 0) is 9.53 Å². The maximum Gasteiger partial charge on any atom is 0.363 e. The average Bonchev–Trinajstić information content (AvgIpc) is 3.17. The first-order chi connectivity index (χ1) is 15.5. The number of esters is 1. The fourth-order valence-electron chi connectivity index (χ4n) is 3.45. The van der Waals surface area contributed by atoms with Crippen LogP contribution in [0.15, 0.2) is 47.1 Å². The molecule has 0 aliphatic carbocycles. The van der Waals surface area contributed by atoms with Crippen LogP contribution in [0.2, 0.25) is 0 Å². The van der Waals surface area contributed by atoms with E-state index in [9.17, 15) is 4.79 Å². The highest BCUT2D eigenvalue weighted by Gasteiger charge is 2.27. The van der Waals surface area contributed by atoms with Gasteiger partial charge in [0.25, 0.3) is 0 Å². The third-order valence-corrected chi connectivity index (χ3v) is 4.98. The standard InChI is InChI=1S/C24H22N2O6/c1-13-6-7-17-14(8-13)9-15(22(25-17)31-5)10-18-24(27)32-23(26-18)16-11-19(28-2)21(30-4)20(12-16)29-3/h6-12H,1-5H3/b18-10-. The van der Waals surface area contributed by atoms with Gasteiger partial charge in [0, 0.05) is 16.5 Å². The van der Waals surface area contributed by atoms with Crippen molar-refractivity contribution in [1.82, 2.24) is 4.98 Å². The summed E-state index contributed by atoms with van der Waals surface area (Å²) in [5, 5.41) is 0.929. The van der Waals surface area contributed by atoms with E-state index in [1.807, 2.05) is 31.2 Å². The molecular formula is C24H22N2O6. The molecule has 0 saturated carbocycles. The Morgan fingerprint density at radius 2 is 1.62 bits per heavy atom. The van der Waals surface area contributed by atoms with Crippen LogP contribution in [0.1, 0.15) is 16.7 Å². The number of carbonyl (C=O) groups excluding carboxylic acids is 1. The summed E-state index contributed by atoms with van der Waals surface area (Å²) in [6.45, 7) is 2.00. The van der Waals surface area contributed by atoms with Crippen molar-refractivity contribution in [3.8, 4) is 23.1 Å². The third kappa shape index (κ3) is 3.82. The number of ether oxygens (including phenoxy) is 5. The zero-order valence-electron chi connectivity index (χ0n) is 18.4. The Kier molecular flexibility index (Phi) is 5.68. The molecule has 3 aromatic rings. The minimum atomic E-state index is -0.583. The van der Waals surface area contributed by atoms with Gasteiger partial charge < -0.3 is 23.7 Å². The highest BCUT2D eigenvalue weighted by atomic mass is 16.6. The smallest absolute Gasteiger partial charge is 0.363 e. The van der Waals surface area contributed by atoms with Gasteiger partial charge in [-0.25, -0.2) is 14.8 Å². The first-order valence-electron chi connectivity index (χ1n) is 9.75. The summed E-state index contributed by atoms with van der Waals surface area (Å²) >= 11 is 0. The molecule has 8 heteroatoms. The number of fused-ring (bicyclic) bond motifs is 1. The zero-order valence-corrected chi connectivity index (χ0v) is 18.4. The second kappa shape index (κ2) is 8.58. The van der Waals surface area contributed by atoms with E-state index in [1.54, 1.807) is 18.2 Å². The van der Waals surface area contributed by atoms with Gasteiger partial charge in [0.15, 0.2) is 17.2 Å². The van der Waals surface area contributed by atoms with Crippen LogP contribution in [0.25, 0.3) is 17.0 Å². The van der Waals surface area contributed by atoms with Gasteiger partial charge >= 0.3 is 5.97 Å². The lowest BCUT2D eigenvalue weighted by Gasteiger charge is -2.13. The zero-order chi connectivity index (χ0) is 22.8. The molecule has 2 heterocycles. The number of pyridine rings is 1. The lowest BCUT2D eigenvalue weighted by Crippen LogP contribution is -2.07. The summed E-state index contributed by atoms with van der Waals surface area (Å²) in [6.07, 6.45) is 1.60. The van der Waals surface area contributed by atoms with E-state index in [-0.39, 0.29) is 11.6 Å². The molecule has 1 aliphatic rings. The molecule has 0 amide bonds. The van der Waals surface area contributed by atoms with Gasteiger partial charge in [-0.15, -0.1) is 0 Å². The van der Waals surface area contributed by atoms with E-state index in [0.29, 0.717) is 34.3 Å². The lowest BCUT2D eigenvalue weighted by molar-refractivity contribution is -0.129. The van der Waals surface area contributed by atoms with Crippen molar-refractivity contribution in [2.24, 2.45) is 4.99 Å². The van der Waals surface area contributed by atoms with Crippen molar-refractivity contribution in [3.05, 3.63) is 58.8 Å². The van der Waals surface area contributed by atoms with Crippen LogP contribution in [0.4, 0.5) is 0 Å². The summed E-state index contributed by atoms with van der Waals surface area (Å²) < 4.78 is 26.9. The predicted octanol–water partition coefficient (Wildman–Crippen LogP) is 3.92. The molecular weight excluding hydrogens is 412 g/mol. The van der Waals surface area contributed by atoms with Crippen LogP contribution in [-0.4, -0.2) is 45.3 Å². The number of nitrogens with zero attached hydrogens (tertiary/aromatic N) is 2. The minimum absolute atomic E-state index is 0.126. The number of hydrogen-bond acceptors (Lipinski definition) is 8. The van der Waals surface area contributed by atoms with Crippen molar-refractivity contribution < 1.29 is 28.5 Å². The fraction of sp³-hybridized carbons (Fsp3) is 0.208. The number of cyclic esters (lactones) is 1. The van der Waals surface area contributed by atoms with Gasteiger partial charge in [-0.05, 0) is 43.3 Å². The Balaban J connectivity index is 1.78. The third-order valence-electron chi connectivity index (χ3n) is 4.98. The number of methoxy groups -OCH3 is 4. The van der Waals surface area contributed by atoms with E-state index in [2.05, 4.69) is 9.98 Å². The van der Waals surface area contributed by atoms with E-state index < -0.39 is 5.97 Å². The van der Waals surface area contributed by atoms with Crippen LogP contribution in [0, 0.1) is 6.92 Å². The second-order valence-electron chi connectivity index (χ2n) is 7.03. The van der Waals surface area contributed by atoms with E-state index in [1.165, 1.54) is 28.4 Å². The van der Waals surface area contributed by atoms with Gasteiger partial charge in [-0.1, -0.05) is 11.6 Å². The number of aromatic nitrogens is 1. The maximum atomic E-state index is 12.6. The molecule has 1 aliphatic heterocycles. The van der Waals surface area contributed by atoms with Crippen molar-refractivity contribution in [3.63, 3.8) is 0 Å². The van der Waals surface area contributed by atoms with Gasteiger partial charge in [0.1, 0.15) is 0 Å². The number of hydrogen-bond donors (Lipinski definition) is 0. The molecule has 2 aromatic carbocycles. The van der Waals surface area contributed by atoms with Crippen LogP contribution in [0.3, 0.4) is 0 Å². The molecule has 0 bridgehead atoms. The molecule has 0 atom stereocenters. The van der Waals surface area contributed by atoms with E-state index >= 15 is 0 Å². The topological polar surface area (TPSA) is 88.5 Å². The lowest BCUT2D eigenvalue weighted by atomic mass is 10.1. The highest BCUT2D eigenvalue weighted by Crippen LogP contribution is 2.39. The molecule has 8 nitrogen and oxygen atoms in total. The molecule has 164 valence electrons. The van der Waals surface area contributed by atoms with Crippen LogP contribution in [0.5, 0.6) is 23.1 Å². The Labute approximate surface area is 185 Å². The van der Waals surface area contributed by atoms with Crippen LogP contribution < -0.4 is 18.9 Å². The summed E-state index contributed by atoms with van der Waals surface area (Å²) in [5.41, 5.74) is 3.15. The SMILES string of the molecule is COc1cc(C2=N/C(=C\c3cc4cc(C)ccc4nc3OC)C(=O)O2)cc(OC)c1OC. The molecule has 0 saturated heterocycles. The Hall–Kier alpha value is -4.07. The molecule has 0 fully saturated rings. The molecule has 4 rings (SSSR count). The maximum absolute atomic E-state index is 12.6.